The second kappa shape index (κ2) is 6.98. The van der Waals surface area contributed by atoms with Crippen molar-refractivity contribution in [2.75, 3.05) is 20.8 Å². The number of imidazole rings is 1. The molecule has 2 heterocycles. The molecule has 0 aliphatic rings. The second-order valence-corrected chi connectivity index (χ2v) is 6.15. The normalized spacial score (nSPS) is 12.0. The van der Waals surface area contributed by atoms with Crippen molar-refractivity contribution < 1.29 is 14.3 Å². The molecule has 0 atom stereocenters. The van der Waals surface area contributed by atoms with Crippen LogP contribution in [0.1, 0.15) is 10.6 Å². The average molecular weight is 346 g/mol. The Balaban J connectivity index is 2.12. The van der Waals surface area contributed by atoms with Gasteiger partial charge in [0.05, 0.1) is 23.9 Å². The molecule has 0 saturated carbocycles. The maximum absolute atomic E-state index is 12.4. The number of ether oxygens (including phenoxy) is 2. The first-order chi connectivity index (χ1) is 11.6. The number of rotatable bonds is 5. The summed E-state index contributed by atoms with van der Waals surface area (Å²) in [4.78, 5) is 21.3. The van der Waals surface area contributed by atoms with Crippen LogP contribution in [0.4, 0.5) is 0 Å². The zero-order chi connectivity index (χ0) is 17.1. The molecule has 7 nitrogen and oxygen atoms in total. The SMILES string of the molecule is COCCn1c(=NC(=O)c2nccn2C)sc2cc(OC)ccc21. The monoisotopic (exact) mass is 346 g/mol. The molecule has 0 saturated heterocycles. The molecule has 0 N–H and O–H groups in total. The summed E-state index contributed by atoms with van der Waals surface area (Å²) in [7, 11) is 5.04. The highest BCUT2D eigenvalue weighted by Crippen LogP contribution is 2.23. The van der Waals surface area contributed by atoms with Crippen LogP contribution in [-0.4, -0.2) is 40.9 Å². The fourth-order valence-corrected chi connectivity index (χ4v) is 3.46. The third kappa shape index (κ3) is 3.10. The zero-order valence-electron chi connectivity index (χ0n) is 13.7. The van der Waals surface area contributed by atoms with Gasteiger partial charge in [0.1, 0.15) is 5.75 Å². The molecule has 3 aromatic rings. The molecule has 0 unspecified atom stereocenters. The molecule has 0 radical (unpaired) electrons. The minimum absolute atomic E-state index is 0.309. The van der Waals surface area contributed by atoms with Gasteiger partial charge in [-0.25, -0.2) is 4.98 Å². The van der Waals surface area contributed by atoms with E-state index in [4.69, 9.17) is 9.47 Å². The standard InChI is InChI=1S/C16H18N4O3S/c1-19-7-6-17-14(19)15(21)18-16-20(8-9-22-2)12-5-4-11(23-3)10-13(12)24-16/h4-7,10H,8-9H2,1-3H3. The Labute approximate surface area is 142 Å². The number of hydrogen-bond donors (Lipinski definition) is 0. The molecule has 1 aromatic carbocycles. The van der Waals surface area contributed by atoms with Crippen LogP contribution < -0.4 is 9.54 Å². The maximum Gasteiger partial charge on any atom is 0.315 e. The molecule has 0 spiro atoms. The Bertz CT molecular complexity index is 938. The Morgan fingerprint density at radius 3 is 2.88 bits per heavy atom. The molecule has 0 aliphatic carbocycles. The van der Waals surface area contributed by atoms with E-state index in [1.807, 2.05) is 22.8 Å². The Kier molecular flexibility index (Phi) is 4.77. The lowest BCUT2D eigenvalue weighted by Gasteiger charge is -2.05. The quantitative estimate of drug-likeness (QED) is 0.707. The van der Waals surface area contributed by atoms with Gasteiger partial charge in [0.25, 0.3) is 0 Å². The van der Waals surface area contributed by atoms with Crippen LogP contribution in [0.5, 0.6) is 5.75 Å². The largest absolute Gasteiger partial charge is 0.497 e. The summed E-state index contributed by atoms with van der Waals surface area (Å²) >= 11 is 1.44. The van der Waals surface area contributed by atoms with E-state index in [0.717, 1.165) is 16.0 Å². The zero-order valence-corrected chi connectivity index (χ0v) is 14.5. The van der Waals surface area contributed by atoms with E-state index in [1.165, 1.54) is 11.3 Å². The fourth-order valence-electron chi connectivity index (χ4n) is 2.37. The number of carbonyl (C=O) groups excluding carboxylic acids is 1. The number of nitrogens with zero attached hydrogens (tertiary/aromatic N) is 4. The van der Waals surface area contributed by atoms with Gasteiger partial charge in [-0.05, 0) is 18.2 Å². The molecule has 0 aliphatic heterocycles. The van der Waals surface area contributed by atoms with Gasteiger partial charge >= 0.3 is 5.91 Å². The Hall–Kier alpha value is -2.45. The van der Waals surface area contributed by atoms with Crippen LogP contribution in [0.2, 0.25) is 0 Å². The van der Waals surface area contributed by atoms with E-state index in [-0.39, 0.29) is 5.91 Å². The summed E-state index contributed by atoms with van der Waals surface area (Å²) in [6.45, 7) is 1.14. The Morgan fingerprint density at radius 1 is 1.38 bits per heavy atom. The number of hydrogen-bond acceptors (Lipinski definition) is 5. The van der Waals surface area contributed by atoms with Crippen LogP contribution in [0.25, 0.3) is 10.2 Å². The van der Waals surface area contributed by atoms with Gasteiger partial charge in [-0.1, -0.05) is 11.3 Å². The summed E-state index contributed by atoms with van der Waals surface area (Å²) in [5.74, 6) is 0.708. The number of aromatic nitrogens is 3. The van der Waals surface area contributed by atoms with Crippen molar-refractivity contribution >= 4 is 27.5 Å². The van der Waals surface area contributed by atoms with Crippen LogP contribution in [0.15, 0.2) is 35.6 Å². The topological polar surface area (TPSA) is 70.6 Å². The lowest BCUT2D eigenvalue weighted by molar-refractivity contribution is 0.0984. The van der Waals surface area contributed by atoms with Gasteiger partial charge in [-0.3, -0.25) is 4.79 Å². The highest BCUT2D eigenvalue weighted by molar-refractivity contribution is 7.16. The lowest BCUT2D eigenvalue weighted by Crippen LogP contribution is -2.20. The highest BCUT2D eigenvalue weighted by Gasteiger charge is 2.12. The van der Waals surface area contributed by atoms with Crippen molar-refractivity contribution in [3.05, 3.63) is 41.2 Å². The molecule has 24 heavy (non-hydrogen) atoms. The molecular weight excluding hydrogens is 328 g/mol. The van der Waals surface area contributed by atoms with Gasteiger partial charge in [0, 0.05) is 33.1 Å². The van der Waals surface area contributed by atoms with E-state index >= 15 is 0 Å². The molecular formula is C16H18N4O3S. The van der Waals surface area contributed by atoms with E-state index in [1.54, 1.807) is 38.2 Å². The highest BCUT2D eigenvalue weighted by atomic mass is 32.1. The first-order valence-electron chi connectivity index (χ1n) is 7.36. The summed E-state index contributed by atoms with van der Waals surface area (Å²) in [6.07, 6.45) is 3.30. The minimum atomic E-state index is -0.368. The molecule has 8 heteroatoms. The minimum Gasteiger partial charge on any atom is -0.497 e. The van der Waals surface area contributed by atoms with E-state index in [0.29, 0.717) is 23.8 Å². The lowest BCUT2D eigenvalue weighted by atomic mass is 10.3. The van der Waals surface area contributed by atoms with Crippen molar-refractivity contribution in [2.24, 2.45) is 12.0 Å². The first kappa shape index (κ1) is 16.4. The molecule has 2 aromatic heterocycles. The summed E-state index contributed by atoms with van der Waals surface area (Å²) in [5.41, 5.74) is 0.990. The number of methoxy groups -OCH3 is 2. The smallest absolute Gasteiger partial charge is 0.315 e. The molecule has 1 amide bonds. The van der Waals surface area contributed by atoms with Gasteiger partial charge in [0.2, 0.25) is 5.82 Å². The molecule has 3 rings (SSSR count). The number of amides is 1. The van der Waals surface area contributed by atoms with Gasteiger partial charge in [-0.2, -0.15) is 4.99 Å². The fraction of sp³-hybridized carbons (Fsp3) is 0.312. The summed E-state index contributed by atoms with van der Waals surface area (Å²) in [5, 5.41) is 0. The van der Waals surface area contributed by atoms with Crippen molar-refractivity contribution in [2.45, 2.75) is 6.54 Å². The summed E-state index contributed by atoms with van der Waals surface area (Å²) < 4.78 is 15.1. The number of benzene rings is 1. The van der Waals surface area contributed by atoms with Crippen molar-refractivity contribution in [1.82, 2.24) is 14.1 Å². The van der Waals surface area contributed by atoms with Crippen LogP contribution in [0.3, 0.4) is 0 Å². The molecule has 126 valence electrons. The maximum atomic E-state index is 12.4. The van der Waals surface area contributed by atoms with Gasteiger partial charge in [0.15, 0.2) is 4.80 Å². The molecule has 0 bridgehead atoms. The molecule has 0 fully saturated rings. The predicted molar refractivity (Wildman–Crippen MR) is 91.3 cm³/mol. The third-order valence-corrected chi connectivity index (χ3v) is 4.66. The summed E-state index contributed by atoms with van der Waals surface area (Å²) in [6, 6.07) is 5.79. The van der Waals surface area contributed by atoms with Gasteiger partial charge in [-0.15, -0.1) is 0 Å². The number of thiazole rings is 1. The van der Waals surface area contributed by atoms with E-state index in [2.05, 4.69) is 9.98 Å². The van der Waals surface area contributed by atoms with Crippen molar-refractivity contribution in [3.8, 4) is 5.75 Å². The van der Waals surface area contributed by atoms with E-state index < -0.39 is 0 Å². The average Bonchev–Trinajstić information content (AvgIpc) is 3.15. The van der Waals surface area contributed by atoms with Crippen molar-refractivity contribution in [3.63, 3.8) is 0 Å². The van der Waals surface area contributed by atoms with Gasteiger partial charge < -0.3 is 18.6 Å². The Morgan fingerprint density at radius 2 is 2.21 bits per heavy atom. The van der Waals surface area contributed by atoms with Crippen LogP contribution in [-0.2, 0) is 18.3 Å². The number of carbonyl (C=O) groups is 1. The first-order valence-corrected chi connectivity index (χ1v) is 8.18. The van der Waals surface area contributed by atoms with E-state index in [9.17, 15) is 4.79 Å². The van der Waals surface area contributed by atoms with Crippen molar-refractivity contribution in [1.29, 1.82) is 0 Å². The predicted octanol–water partition coefficient (Wildman–Crippen LogP) is 1.83. The van der Waals surface area contributed by atoms with Crippen LogP contribution in [0, 0.1) is 0 Å². The number of aryl methyl sites for hydroxylation is 1. The number of fused-ring (bicyclic) bond motifs is 1. The van der Waals surface area contributed by atoms with Crippen LogP contribution >= 0.6 is 11.3 Å². The third-order valence-electron chi connectivity index (χ3n) is 3.62. The second-order valence-electron chi connectivity index (χ2n) is 5.14.